The fourth-order valence-corrected chi connectivity index (χ4v) is 3.92. The van der Waals surface area contributed by atoms with Crippen LogP contribution in [0.2, 0.25) is 0 Å². The summed E-state index contributed by atoms with van der Waals surface area (Å²) in [6.07, 6.45) is 4.56. The molecule has 2 aromatic carbocycles. The van der Waals surface area contributed by atoms with Crippen LogP contribution in [0.1, 0.15) is 34.0 Å². The van der Waals surface area contributed by atoms with Gasteiger partial charge in [-0.2, -0.15) is 5.10 Å². The Morgan fingerprint density at radius 1 is 1.03 bits per heavy atom. The molecule has 0 saturated carbocycles. The predicted octanol–water partition coefficient (Wildman–Crippen LogP) is 4.46. The second-order valence-corrected chi connectivity index (χ2v) is 7.24. The number of ether oxygens (including phenoxy) is 1. The molecule has 1 atom stereocenters. The van der Waals surface area contributed by atoms with E-state index in [2.05, 4.69) is 5.10 Å². The van der Waals surface area contributed by atoms with Gasteiger partial charge >= 0.3 is 0 Å². The molecular weight excluding hydrogens is 369 g/mol. The van der Waals surface area contributed by atoms with Crippen molar-refractivity contribution in [1.82, 2.24) is 14.6 Å². The normalized spacial score (nSPS) is 16.1. The van der Waals surface area contributed by atoms with Gasteiger partial charge in [-0.15, -0.1) is 0 Å². The molecule has 0 spiro atoms. The zero-order chi connectivity index (χ0) is 20.0. The highest BCUT2D eigenvalue weighted by Crippen LogP contribution is 2.33. The molecule has 144 valence electrons. The zero-order valence-electron chi connectivity index (χ0n) is 15.8. The van der Waals surface area contributed by atoms with E-state index in [1.165, 1.54) is 12.1 Å². The molecule has 0 saturated heterocycles. The number of hydrogen-bond acceptors (Lipinski definition) is 4. The third-order valence-corrected chi connectivity index (χ3v) is 5.49. The number of rotatable bonds is 3. The van der Waals surface area contributed by atoms with Crippen LogP contribution in [0, 0.1) is 5.82 Å². The smallest absolute Gasteiger partial charge is 0.166 e. The Labute approximate surface area is 166 Å². The van der Waals surface area contributed by atoms with Crippen molar-refractivity contribution in [2.45, 2.75) is 18.8 Å². The predicted molar refractivity (Wildman–Crippen MR) is 107 cm³/mol. The van der Waals surface area contributed by atoms with Gasteiger partial charge in [0.25, 0.3) is 0 Å². The number of fused-ring (bicyclic) bond motifs is 2. The van der Waals surface area contributed by atoms with Crippen molar-refractivity contribution >= 4 is 11.4 Å². The molecule has 4 aromatic rings. The average molecular weight is 387 g/mol. The van der Waals surface area contributed by atoms with E-state index in [1.54, 1.807) is 36.2 Å². The quantitative estimate of drug-likeness (QED) is 0.521. The van der Waals surface area contributed by atoms with E-state index in [-0.39, 0.29) is 17.5 Å². The number of nitrogens with zero attached hydrogens (tertiary/aromatic N) is 3. The Balaban J connectivity index is 1.56. The second kappa shape index (κ2) is 6.81. The summed E-state index contributed by atoms with van der Waals surface area (Å²) in [7, 11) is 1.63. The number of aromatic nitrogens is 3. The van der Waals surface area contributed by atoms with Crippen LogP contribution in [-0.2, 0) is 6.42 Å². The van der Waals surface area contributed by atoms with E-state index < -0.39 is 0 Å². The Morgan fingerprint density at radius 3 is 2.52 bits per heavy atom. The van der Waals surface area contributed by atoms with E-state index in [4.69, 9.17) is 9.72 Å². The molecule has 1 unspecified atom stereocenters. The van der Waals surface area contributed by atoms with E-state index >= 15 is 0 Å². The summed E-state index contributed by atoms with van der Waals surface area (Å²) in [5, 5.41) is 4.40. The summed E-state index contributed by atoms with van der Waals surface area (Å²) in [5.74, 6) is 0.539. The molecule has 5 rings (SSSR count). The molecule has 5 nitrogen and oxygen atoms in total. The molecule has 6 heteroatoms. The fourth-order valence-electron chi connectivity index (χ4n) is 3.92. The SMILES string of the molecule is COc1ccc(-c2cnn3cc4c(nc23)CC(c2ccc(F)cc2)CC4=O)cc1. The van der Waals surface area contributed by atoms with Crippen LogP contribution in [0.5, 0.6) is 5.75 Å². The summed E-state index contributed by atoms with van der Waals surface area (Å²) in [4.78, 5) is 17.6. The maximum absolute atomic E-state index is 13.3. The first kappa shape index (κ1) is 17.6. The molecular formula is C23H18FN3O2. The van der Waals surface area contributed by atoms with Gasteiger partial charge in [-0.3, -0.25) is 4.79 Å². The minimum Gasteiger partial charge on any atom is -0.497 e. The van der Waals surface area contributed by atoms with Gasteiger partial charge in [0.15, 0.2) is 11.4 Å². The lowest BCUT2D eigenvalue weighted by Gasteiger charge is -2.23. The lowest BCUT2D eigenvalue weighted by Crippen LogP contribution is -2.21. The first-order valence-electron chi connectivity index (χ1n) is 9.43. The highest BCUT2D eigenvalue weighted by Gasteiger charge is 2.28. The first-order chi connectivity index (χ1) is 14.1. The van der Waals surface area contributed by atoms with Crippen molar-refractivity contribution in [2.75, 3.05) is 7.11 Å². The monoisotopic (exact) mass is 387 g/mol. The number of benzene rings is 2. The maximum atomic E-state index is 13.3. The first-order valence-corrected chi connectivity index (χ1v) is 9.43. The van der Waals surface area contributed by atoms with Crippen LogP contribution >= 0.6 is 0 Å². The highest BCUT2D eigenvalue weighted by molar-refractivity contribution is 5.99. The average Bonchev–Trinajstić information content (AvgIpc) is 3.16. The molecule has 2 aromatic heterocycles. The summed E-state index contributed by atoms with van der Waals surface area (Å²) >= 11 is 0. The third kappa shape index (κ3) is 3.06. The molecule has 1 aliphatic rings. The van der Waals surface area contributed by atoms with Crippen molar-refractivity contribution in [2.24, 2.45) is 0 Å². The Bertz CT molecular complexity index is 1210. The lowest BCUT2D eigenvalue weighted by molar-refractivity contribution is 0.0962. The van der Waals surface area contributed by atoms with Gasteiger partial charge in [0.2, 0.25) is 0 Å². The number of hydrogen-bond donors (Lipinski definition) is 0. The lowest BCUT2D eigenvalue weighted by atomic mass is 9.82. The number of halogens is 1. The molecule has 0 N–H and O–H groups in total. The Kier molecular flexibility index (Phi) is 4.12. The third-order valence-electron chi connectivity index (χ3n) is 5.49. The summed E-state index contributed by atoms with van der Waals surface area (Å²) in [6.45, 7) is 0. The van der Waals surface area contributed by atoms with E-state index in [0.717, 1.165) is 28.1 Å². The summed E-state index contributed by atoms with van der Waals surface area (Å²) < 4.78 is 20.2. The fraction of sp³-hybridized carbons (Fsp3) is 0.174. The molecule has 0 radical (unpaired) electrons. The number of methoxy groups -OCH3 is 1. The number of carbonyl (C=O) groups excluding carboxylic acids is 1. The molecule has 0 amide bonds. The number of carbonyl (C=O) groups is 1. The summed E-state index contributed by atoms with van der Waals surface area (Å²) in [6, 6.07) is 14.1. The van der Waals surface area contributed by atoms with Crippen molar-refractivity contribution in [1.29, 1.82) is 0 Å². The van der Waals surface area contributed by atoms with Crippen molar-refractivity contribution in [3.8, 4) is 16.9 Å². The molecule has 0 aliphatic heterocycles. The van der Waals surface area contributed by atoms with Crippen molar-refractivity contribution < 1.29 is 13.9 Å². The van der Waals surface area contributed by atoms with Crippen molar-refractivity contribution in [3.63, 3.8) is 0 Å². The van der Waals surface area contributed by atoms with Crippen LogP contribution in [0.25, 0.3) is 16.8 Å². The number of ketones is 1. The van der Waals surface area contributed by atoms with E-state index in [1.807, 2.05) is 24.3 Å². The minimum atomic E-state index is -0.278. The van der Waals surface area contributed by atoms with Gasteiger partial charge in [0, 0.05) is 18.2 Å². The standard InChI is InChI=1S/C23H18FN3O2/c1-29-18-8-4-15(5-9-18)19-12-25-27-13-20-21(26-23(19)27)10-16(11-22(20)28)14-2-6-17(24)7-3-14/h2-9,12-13,16H,10-11H2,1H3. The largest absolute Gasteiger partial charge is 0.497 e. The summed E-state index contributed by atoms with van der Waals surface area (Å²) in [5.41, 5.74) is 4.91. The van der Waals surface area contributed by atoms with Gasteiger partial charge < -0.3 is 4.74 Å². The van der Waals surface area contributed by atoms with E-state index in [9.17, 15) is 9.18 Å². The van der Waals surface area contributed by atoms with Crippen LogP contribution in [0.4, 0.5) is 4.39 Å². The number of Topliss-reactive ketones (excluding diaryl/α,β-unsaturated/α-hetero) is 1. The van der Waals surface area contributed by atoms with Crippen molar-refractivity contribution in [3.05, 3.63) is 83.6 Å². The second-order valence-electron chi connectivity index (χ2n) is 7.24. The van der Waals surface area contributed by atoms with Gasteiger partial charge in [-0.05, 0) is 47.7 Å². The Morgan fingerprint density at radius 2 is 1.79 bits per heavy atom. The van der Waals surface area contributed by atoms with Gasteiger partial charge in [-0.1, -0.05) is 24.3 Å². The van der Waals surface area contributed by atoms with Gasteiger partial charge in [0.1, 0.15) is 11.6 Å². The molecule has 0 bridgehead atoms. The van der Waals surface area contributed by atoms with Crippen LogP contribution in [-0.4, -0.2) is 27.5 Å². The van der Waals surface area contributed by atoms with Crippen LogP contribution in [0.15, 0.2) is 60.9 Å². The highest BCUT2D eigenvalue weighted by atomic mass is 19.1. The molecule has 2 heterocycles. The van der Waals surface area contributed by atoms with Crippen LogP contribution in [0.3, 0.4) is 0 Å². The van der Waals surface area contributed by atoms with Crippen LogP contribution < -0.4 is 4.74 Å². The maximum Gasteiger partial charge on any atom is 0.166 e. The molecule has 1 aliphatic carbocycles. The molecule has 29 heavy (non-hydrogen) atoms. The van der Waals surface area contributed by atoms with E-state index in [0.29, 0.717) is 24.1 Å². The molecule has 0 fully saturated rings. The topological polar surface area (TPSA) is 56.5 Å². The van der Waals surface area contributed by atoms with Gasteiger partial charge in [-0.25, -0.2) is 13.9 Å². The van der Waals surface area contributed by atoms with Gasteiger partial charge in [0.05, 0.1) is 24.6 Å². The zero-order valence-corrected chi connectivity index (χ0v) is 15.8. The Hall–Kier alpha value is -3.54. The minimum absolute atomic E-state index is 0.00194.